The number of nitrogens with zero attached hydrogens (tertiary/aromatic N) is 2. The Morgan fingerprint density at radius 2 is 1.65 bits per heavy atom. The van der Waals surface area contributed by atoms with E-state index in [1.807, 2.05) is 52.8 Å². The summed E-state index contributed by atoms with van der Waals surface area (Å²) < 4.78 is 10.9. The minimum atomic E-state index is -0.517. The van der Waals surface area contributed by atoms with Crippen LogP contribution in [-0.4, -0.2) is 60.4 Å². The average molecular weight is 363 g/mol. The van der Waals surface area contributed by atoms with Gasteiger partial charge in [0.05, 0.1) is 0 Å². The number of aryl methyl sites for hydroxylation is 2. The number of ether oxygens (including phenoxy) is 2. The maximum Gasteiger partial charge on any atom is 0.410 e. The van der Waals surface area contributed by atoms with Gasteiger partial charge < -0.3 is 24.6 Å². The van der Waals surface area contributed by atoms with Gasteiger partial charge in [-0.15, -0.1) is 0 Å². The smallest absolute Gasteiger partial charge is 0.410 e. The Hall–Kier alpha value is -2.44. The van der Waals surface area contributed by atoms with E-state index in [-0.39, 0.29) is 18.9 Å². The molecule has 1 aliphatic heterocycles. The van der Waals surface area contributed by atoms with Gasteiger partial charge in [0.1, 0.15) is 11.4 Å². The van der Waals surface area contributed by atoms with Crippen molar-refractivity contribution >= 4 is 12.1 Å². The van der Waals surface area contributed by atoms with E-state index in [0.29, 0.717) is 26.2 Å². The van der Waals surface area contributed by atoms with E-state index in [9.17, 15) is 9.59 Å². The van der Waals surface area contributed by atoms with Gasteiger partial charge in [0, 0.05) is 26.2 Å². The number of benzene rings is 1. The Kier molecular flexibility index (Phi) is 6.34. The lowest BCUT2D eigenvalue weighted by atomic mass is 10.1. The fraction of sp³-hybridized carbons (Fsp3) is 0.579. The minimum absolute atomic E-state index is 0.105. The second kappa shape index (κ2) is 8.29. The van der Waals surface area contributed by atoms with Crippen molar-refractivity contribution < 1.29 is 19.1 Å². The molecule has 1 saturated heterocycles. The standard InChI is InChI=1S/C19H29N3O4/c1-14-6-7-16(12-15(14)2)25-13-20-17(23)21-8-10-22(11-9-21)18(24)26-19(3,4)5/h6-7,12H,8-11,13H2,1-5H3,(H,20,23). The van der Waals surface area contributed by atoms with Crippen LogP contribution in [0.4, 0.5) is 9.59 Å². The molecular formula is C19H29N3O4. The van der Waals surface area contributed by atoms with Gasteiger partial charge in [0.2, 0.25) is 0 Å². The molecule has 1 aromatic carbocycles. The second-order valence-corrected chi connectivity index (χ2v) is 7.47. The first-order valence-corrected chi connectivity index (χ1v) is 8.86. The third-order valence-electron chi connectivity index (χ3n) is 4.16. The fourth-order valence-corrected chi connectivity index (χ4v) is 2.52. The highest BCUT2D eigenvalue weighted by Crippen LogP contribution is 2.16. The molecule has 0 unspecified atom stereocenters. The Morgan fingerprint density at radius 3 is 2.23 bits per heavy atom. The molecule has 0 aliphatic carbocycles. The number of carbonyl (C=O) groups is 2. The third-order valence-corrected chi connectivity index (χ3v) is 4.16. The minimum Gasteiger partial charge on any atom is -0.473 e. The Balaban J connectivity index is 1.72. The first-order valence-electron chi connectivity index (χ1n) is 8.86. The maximum atomic E-state index is 12.2. The quantitative estimate of drug-likeness (QED) is 0.838. The van der Waals surface area contributed by atoms with Crippen molar-refractivity contribution in [2.24, 2.45) is 0 Å². The Bertz CT molecular complexity index is 647. The van der Waals surface area contributed by atoms with E-state index >= 15 is 0 Å². The zero-order valence-corrected chi connectivity index (χ0v) is 16.3. The number of amides is 3. The van der Waals surface area contributed by atoms with Gasteiger partial charge in [-0.2, -0.15) is 0 Å². The first kappa shape index (κ1) is 19.9. The van der Waals surface area contributed by atoms with Gasteiger partial charge in [0.15, 0.2) is 6.73 Å². The van der Waals surface area contributed by atoms with E-state index in [0.717, 1.165) is 11.3 Å². The Morgan fingerprint density at radius 1 is 1.04 bits per heavy atom. The number of rotatable bonds is 3. The number of hydrogen-bond donors (Lipinski definition) is 1. The summed E-state index contributed by atoms with van der Waals surface area (Å²) >= 11 is 0. The zero-order valence-electron chi connectivity index (χ0n) is 16.3. The second-order valence-electron chi connectivity index (χ2n) is 7.47. The molecule has 0 bridgehead atoms. The van der Waals surface area contributed by atoms with E-state index < -0.39 is 5.60 Å². The van der Waals surface area contributed by atoms with Gasteiger partial charge in [-0.3, -0.25) is 0 Å². The molecule has 0 atom stereocenters. The highest BCUT2D eigenvalue weighted by molar-refractivity contribution is 5.75. The summed E-state index contributed by atoms with van der Waals surface area (Å²) in [5.41, 5.74) is 1.83. The molecule has 7 heteroatoms. The third kappa shape index (κ3) is 5.82. The topological polar surface area (TPSA) is 71.1 Å². The van der Waals surface area contributed by atoms with Crippen LogP contribution in [0.2, 0.25) is 0 Å². The molecule has 144 valence electrons. The van der Waals surface area contributed by atoms with Crippen LogP contribution in [0.3, 0.4) is 0 Å². The molecule has 0 saturated carbocycles. The van der Waals surface area contributed by atoms with E-state index in [1.54, 1.807) is 9.80 Å². The van der Waals surface area contributed by atoms with Crippen molar-refractivity contribution in [3.05, 3.63) is 29.3 Å². The van der Waals surface area contributed by atoms with Gasteiger partial charge >= 0.3 is 12.1 Å². The summed E-state index contributed by atoms with van der Waals surface area (Å²) in [5, 5.41) is 2.75. The average Bonchev–Trinajstić information content (AvgIpc) is 2.56. The number of hydrogen-bond acceptors (Lipinski definition) is 4. The van der Waals surface area contributed by atoms with Crippen molar-refractivity contribution in [1.29, 1.82) is 0 Å². The number of carbonyl (C=O) groups excluding carboxylic acids is 2. The lowest BCUT2D eigenvalue weighted by molar-refractivity contribution is 0.0168. The molecule has 7 nitrogen and oxygen atoms in total. The molecule has 26 heavy (non-hydrogen) atoms. The highest BCUT2D eigenvalue weighted by Gasteiger charge is 2.27. The van der Waals surface area contributed by atoms with Crippen LogP contribution in [0.1, 0.15) is 31.9 Å². The van der Waals surface area contributed by atoms with Crippen LogP contribution in [-0.2, 0) is 4.74 Å². The highest BCUT2D eigenvalue weighted by atomic mass is 16.6. The van der Waals surface area contributed by atoms with Crippen molar-refractivity contribution in [1.82, 2.24) is 15.1 Å². The normalized spacial score (nSPS) is 14.8. The van der Waals surface area contributed by atoms with Crippen LogP contribution in [0.25, 0.3) is 0 Å². The fourth-order valence-electron chi connectivity index (χ4n) is 2.52. The van der Waals surface area contributed by atoms with E-state index in [4.69, 9.17) is 9.47 Å². The largest absolute Gasteiger partial charge is 0.473 e. The monoisotopic (exact) mass is 363 g/mol. The van der Waals surface area contributed by atoms with Gasteiger partial charge in [-0.1, -0.05) is 6.07 Å². The lowest BCUT2D eigenvalue weighted by Crippen LogP contribution is -2.54. The van der Waals surface area contributed by atoms with Crippen molar-refractivity contribution in [3.63, 3.8) is 0 Å². The molecule has 0 aromatic heterocycles. The van der Waals surface area contributed by atoms with Gasteiger partial charge in [-0.05, 0) is 57.9 Å². The maximum absolute atomic E-state index is 12.2. The lowest BCUT2D eigenvalue weighted by Gasteiger charge is -2.35. The van der Waals surface area contributed by atoms with Crippen LogP contribution in [0.15, 0.2) is 18.2 Å². The van der Waals surface area contributed by atoms with Crippen molar-refractivity contribution in [2.45, 2.75) is 40.2 Å². The summed E-state index contributed by atoms with van der Waals surface area (Å²) in [7, 11) is 0. The summed E-state index contributed by atoms with van der Waals surface area (Å²) in [6.45, 7) is 11.5. The van der Waals surface area contributed by atoms with E-state index in [2.05, 4.69) is 5.32 Å². The van der Waals surface area contributed by atoms with Crippen molar-refractivity contribution in [3.8, 4) is 5.75 Å². The summed E-state index contributed by atoms with van der Waals surface area (Å²) in [5.74, 6) is 0.725. The van der Waals surface area contributed by atoms with Crippen molar-refractivity contribution in [2.75, 3.05) is 32.9 Å². The molecule has 0 spiro atoms. The molecule has 1 heterocycles. The van der Waals surface area contributed by atoms with Crippen LogP contribution < -0.4 is 10.1 Å². The summed E-state index contributed by atoms with van der Waals surface area (Å²) in [4.78, 5) is 27.5. The van der Waals surface area contributed by atoms with E-state index in [1.165, 1.54) is 5.56 Å². The van der Waals surface area contributed by atoms with Crippen LogP contribution in [0.5, 0.6) is 5.75 Å². The zero-order chi connectivity index (χ0) is 19.3. The predicted molar refractivity (Wildman–Crippen MR) is 99.3 cm³/mol. The summed E-state index contributed by atoms with van der Waals surface area (Å²) in [6, 6.07) is 5.62. The molecular weight excluding hydrogens is 334 g/mol. The Labute approximate surface area is 155 Å². The predicted octanol–water partition coefficient (Wildman–Crippen LogP) is 2.90. The van der Waals surface area contributed by atoms with Gasteiger partial charge in [-0.25, -0.2) is 9.59 Å². The number of piperazine rings is 1. The molecule has 3 amide bonds. The summed E-state index contributed by atoms with van der Waals surface area (Å²) in [6.07, 6.45) is -0.337. The molecule has 0 radical (unpaired) electrons. The molecule has 1 aliphatic rings. The van der Waals surface area contributed by atoms with Crippen LogP contribution >= 0.6 is 0 Å². The number of nitrogens with one attached hydrogen (secondary N) is 1. The van der Waals surface area contributed by atoms with Gasteiger partial charge in [0.25, 0.3) is 0 Å². The molecule has 1 aromatic rings. The molecule has 2 rings (SSSR count). The molecule has 1 fully saturated rings. The first-order chi connectivity index (χ1) is 12.2. The number of urea groups is 1. The molecule has 1 N–H and O–H groups in total. The van der Waals surface area contributed by atoms with Crippen LogP contribution in [0, 0.1) is 13.8 Å². The SMILES string of the molecule is Cc1ccc(OCNC(=O)N2CCN(C(=O)OC(C)(C)C)CC2)cc1C.